The minimum Gasteiger partial charge on any atom is -0.481 e. The van der Waals surface area contributed by atoms with E-state index in [1.165, 1.54) is 19.3 Å². The van der Waals surface area contributed by atoms with Gasteiger partial charge in [0.05, 0.1) is 6.42 Å². The van der Waals surface area contributed by atoms with E-state index in [1.807, 2.05) is 25.1 Å². The van der Waals surface area contributed by atoms with Gasteiger partial charge in [0.2, 0.25) is 0 Å². The number of rotatable bonds is 9. The highest BCUT2D eigenvalue weighted by Crippen LogP contribution is 2.25. The molecule has 20 heavy (non-hydrogen) atoms. The highest BCUT2D eigenvalue weighted by molar-refractivity contribution is 6.30. The molecule has 0 fully saturated rings. The van der Waals surface area contributed by atoms with Crippen LogP contribution in [-0.2, 0) is 4.79 Å². The second-order valence-electron chi connectivity index (χ2n) is 5.12. The molecule has 0 aliphatic rings. The van der Waals surface area contributed by atoms with Crippen LogP contribution < -0.4 is 4.90 Å². The van der Waals surface area contributed by atoms with Gasteiger partial charge in [-0.15, -0.1) is 0 Å². The molecule has 0 radical (unpaired) electrons. The summed E-state index contributed by atoms with van der Waals surface area (Å²) in [6.07, 6.45) is 4.84. The average Bonchev–Trinajstić information content (AvgIpc) is 2.41. The van der Waals surface area contributed by atoms with Crippen molar-refractivity contribution in [2.75, 3.05) is 18.0 Å². The molecule has 3 nitrogen and oxygen atoms in total. The Labute approximate surface area is 126 Å². The molecule has 112 valence electrons. The Bertz CT molecular complexity index is 434. The van der Waals surface area contributed by atoms with Crippen LogP contribution in [0.15, 0.2) is 18.2 Å². The van der Waals surface area contributed by atoms with E-state index in [-0.39, 0.29) is 6.42 Å². The van der Waals surface area contributed by atoms with E-state index in [9.17, 15) is 4.79 Å². The van der Waals surface area contributed by atoms with Crippen LogP contribution >= 0.6 is 11.6 Å². The van der Waals surface area contributed by atoms with Crippen LogP contribution in [0.3, 0.4) is 0 Å². The van der Waals surface area contributed by atoms with Gasteiger partial charge in [0.1, 0.15) is 0 Å². The molecule has 4 heteroatoms. The number of carbonyl (C=O) groups is 1. The van der Waals surface area contributed by atoms with Crippen LogP contribution in [0.25, 0.3) is 0 Å². The molecule has 0 aliphatic carbocycles. The Morgan fingerprint density at radius 3 is 2.65 bits per heavy atom. The van der Waals surface area contributed by atoms with Gasteiger partial charge in [-0.2, -0.15) is 0 Å². The number of aliphatic carboxylic acids is 1. The second kappa shape index (κ2) is 8.85. The Morgan fingerprint density at radius 1 is 1.25 bits per heavy atom. The summed E-state index contributed by atoms with van der Waals surface area (Å²) in [6.45, 7) is 5.63. The largest absolute Gasteiger partial charge is 0.481 e. The lowest BCUT2D eigenvalue weighted by Crippen LogP contribution is -2.28. The van der Waals surface area contributed by atoms with Gasteiger partial charge in [-0.3, -0.25) is 4.79 Å². The van der Waals surface area contributed by atoms with E-state index < -0.39 is 5.97 Å². The zero-order valence-electron chi connectivity index (χ0n) is 12.4. The van der Waals surface area contributed by atoms with Crippen molar-refractivity contribution in [1.29, 1.82) is 0 Å². The SMILES string of the molecule is CCCCCCN(CCC(=O)O)c1cc(Cl)ccc1C. The van der Waals surface area contributed by atoms with Crippen molar-refractivity contribution in [3.63, 3.8) is 0 Å². The van der Waals surface area contributed by atoms with Gasteiger partial charge >= 0.3 is 5.97 Å². The van der Waals surface area contributed by atoms with E-state index >= 15 is 0 Å². The number of halogens is 1. The molecule has 0 aliphatic heterocycles. The molecule has 0 unspecified atom stereocenters. The van der Waals surface area contributed by atoms with Crippen molar-refractivity contribution >= 4 is 23.3 Å². The Balaban J connectivity index is 2.74. The molecular weight excluding hydrogens is 274 g/mol. The molecule has 1 aromatic carbocycles. The zero-order chi connectivity index (χ0) is 15.0. The first-order valence-corrected chi connectivity index (χ1v) is 7.65. The predicted octanol–water partition coefficient (Wildman–Crippen LogP) is 4.51. The molecule has 0 aromatic heterocycles. The van der Waals surface area contributed by atoms with E-state index in [2.05, 4.69) is 11.8 Å². The minimum absolute atomic E-state index is 0.153. The monoisotopic (exact) mass is 297 g/mol. The number of nitrogens with zero attached hydrogens (tertiary/aromatic N) is 1. The molecule has 0 spiro atoms. The summed E-state index contributed by atoms with van der Waals surface area (Å²) in [7, 11) is 0. The van der Waals surface area contributed by atoms with E-state index in [0.29, 0.717) is 11.6 Å². The lowest BCUT2D eigenvalue weighted by molar-refractivity contribution is -0.136. The number of unbranched alkanes of at least 4 members (excludes halogenated alkanes) is 3. The van der Waals surface area contributed by atoms with Crippen molar-refractivity contribution in [1.82, 2.24) is 0 Å². The number of anilines is 1. The Kier molecular flexibility index (Phi) is 7.45. The third-order valence-electron chi connectivity index (χ3n) is 3.39. The van der Waals surface area contributed by atoms with Gasteiger partial charge in [-0.05, 0) is 31.0 Å². The molecule has 1 aromatic rings. The third-order valence-corrected chi connectivity index (χ3v) is 3.62. The Hall–Kier alpha value is -1.22. The van der Waals surface area contributed by atoms with E-state index in [4.69, 9.17) is 16.7 Å². The first kappa shape index (κ1) is 16.8. The van der Waals surface area contributed by atoms with Crippen molar-refractivity contribution < 1.29 is 9.90 Å². The molecule has 0 atom stereocenters. The van der Waals surface area contributed by atoms with Crippen molar-refractivity contribution in [3.05, 3.63) is 28.8 Å². The first-order valence-electron chi connectivity index (χ1n) is 7.27. The topological polar surface area (TPSA) is 40.5 Å². The smallest absolute Gasteiger partial charge is 0.305 e. The van der Waals surface area contributed by atoms with Crippen molar-refractivity contribution in [3.8, 4) is 0 Å². The molecular formula is C16H24ClNO2. The summed E-state index contributed by atoms with van der Waals surface area (Å²) in [5, 5.41) is 9.58. The van der Waals surface area contributed by atoms with E-state index in [1.54, 1.807) is 0 Å². The highest BCUT2D eigenvalue weighted by atomic mass is 35.5. The maximum Gasteiger partial charge on any atom is 0.305 e. The molecule has 1 N–H and O–H groups in total. The summed E-state index contributed by atoms with van der Waals surface area (Å²) in [4.78, 5) is 13.0. The quantitative estimate of drug-likeness (QED) is 0.682. The number of hydrogen-bond donors (Lipinski definition) is 1. The zero-order valence-corrected chi connectivity index (χ0v) is 13.1. The van der Waals surface area contributed by atoms with Gasteiger partial charge in [-0.25, -0.2) is 0 Å². The minimum atomic E-state index is -0.761. The lowest BCUT2D eigenvalue weighted by Gasteiger charge is -2.26. The molecule has 0 bridgehead atoms. The predicted molar refractivity (Wildman–Crippen MR) is 84.8 cm³/mol. The van der Waals surface area contributed by atoms with Gasteiger partial charge < -0.3 is 10.0 Å². The van der Waals surface area contributed by atoms with Gasteiger partial charge in [-0.1, -0.05) is 43.9 Å². The summed E-state index contributed by atoms with van der Waals surface area (Å²) >= 11 is 6.06. The number of carboxylic acids is 1. The number of benzene rings is 1. The summed E-state index contributed by atoms with van der Waals surface area (Å²) < 4.78 is 0. The van der Waals surface area contributed by atoms with Crippen molar-refractivity contribution in [2.45, 2.75) is 46.0 Å². The van der Waals surface area contributed by atoms with E-state index in [0.717, 1.165) is 24.2 Å². The number of hydrogen-bond acceptors (Lipinski definition) is 2. The summed E-state index contributed by atoms with van der Waals surface area (Å²) in [6, 6.07) is 5.78. The molecule has 0 heterocycles. The lowest BCUT2D eigenvalue weighted by atomic mass is 10.1. The molecule has 0 saturated heterocycles. The van der Waals surface area contributed by atoms with Crippen LogP contribution in [0.5, 0.6) is 0 Å². The van der Waals surface area contributed by atoms with Crippen molar-refractivity contribution in [2.24, 2.45) is 0 Å². The molecule has 1 rings (SSSR count). The highest BCUT2D eigenvalue weighted by Gasteiger charge is 2.11. The molecule has 0 amide bonds. The summed E-state index contributed by atoms with van der Waals surface area (Å²) in [5.41, 5.74) is 2.19. The van der Waals surface area contributed by atoms with Crippen LogP contribution in [0, 0.1) is 6.92 Å². The van der Waals surface area contributed by atoms with Gasteiger partial charge in [0, 0.05) is 23.8 Å². The number of aryl methyl sites for hydroxylation is 1. The normalized spacial score (nSPS) is 10.6. The van der Waals surface area contributed by atoms with Crippen LogP contribution in [0.2, 0.25) is 5.02 Å². The fourth-order valence-corrected chi connectivity index (χ4v) is 2.40. The second-order valence-corrected chi connectivity index (χ2v) is 5.56. The third kappa shape index (κ3) is 5.83. The maximum absolute atomic E-state index is 10.8. The standard InChI is InChI=1S/C16H24ClNO2/c1-3-4-5-6-10-18(11-9-16(19)20)15-12-14(17)8-7-13(15)2/h7-8,12H,3-6,9-11H2,1-2H3,(H,19,20). The van der Waals surface area contributed by atoms with Crippen LogP contribution in [-0.4, -0.2) is 24.2 Å². The fraction of sp³-hybridized carbons (Fsp3) is 0.562. The summed E-state index contributed by atoms with van der Waals surface area (Å²) in [5.74, 6) is -0.761. The maximum atomic E-state index is 10.8. The average molecular weight is 298 g/mol. The first-order chi connectivity index (χ1) is 9.54. The van der Waals surface area contributed by atoms with Crippen LogP contribution in [0.1, 0.15) is 44.6 Å². The fourth-order valence-electron chi connectivity index (χ4n) is 2.24. The van der Waals surface area contributed by atoms with Gasteiger partial charge in [0.15, 0.2) is 0 Å². The molecule has 0 saturated carbocycles. The Morgan fingerprint density at radius 2 is 2.00 bits per heavy atom. The van der Waals surface area contributed by atoms with Crippen LogP contribution in [0.4, 0.5) is 5.69 Å². The van der Waals surface area contributed by atoms with Gasteiger partial charge in [0.25, 0.3) is 0 Å². The number of carboxylic acid groups (broad SMARTS) is 1.